The summed E-state index contributed by atoms with van der Waals surface area (Å²) in [5.74, 6) is 1.01. The molecule has 0 aliphatic carbocycles. The number of aliphatic hydroxyl groups excluding tert-OH is 1. The lowest BCUT2D eigenvalue weighted by molar-refractivity contribution is -0.162. The van der Waals surface area contributed by atoms with E-state index >= 15 is 0 Å². The Morgan fingerprint density at radius 2 is 1.91 bits per heavy atom. The first-order valence-electron chi connectivity index (χ1n) is 10.9. The van der Waals surface area contributed by atoms with Crippen LogP contribution in [0.4, 0.5) is 5.82 Å². The number of benzene rings is 1. The molecule has 1 saturated heterocycles. The van der Waals surface area contributed by atoms with E-state index in [4.69, 9.17) is 14.8 Å². The quantitative estimate of drug-likeness (QED) is 0.449. The number of hydrogen-bond donors (Lipinski definition) is 3. The zero-order valence-corrected chi connectivity index (χ0v) is 18.4. The number of carbonyl (C=O) groups is 1. The second kappa shape index (κ2) is 12.4. The molecule has 9 nitrogen and oxygen atoms in total. The molecule has 0 spiro atoms. The fraction of sp³-hybridized carbons (Fsp3) is 0.478. The van der Waals surface area contributed by atoms with Gasteiger partial charge in [0.2, 0.25) is 5.91 Å². The SMILES string of the molecule is COc1ccc(CCC[C@@H](C(=O)N2CCN(c3ccccn3)CC2)[C@H](O)CONO)cc1. The molecule has 174 valence electrons. The van der Waals surface area contributed by atoms with E-state index in [0.29, 0.717) is 32.6 Å². The predicted octanol–water partition coefficient (Wildman–Crippen LogP) is 1.65. The fourth-order valence-corrected chi connectivity index (χ4v) is 3.97. The van der Waals surface area contributed by atoms with Crippen LogP contribution in [0.5, 0.6) is 5.75 Å². The van der Waals surface area contributed by atoms with Gasteiger partial charge in [-0.05, 0) is 49.1 Å². The van der Waals surface area contributed by atoms with Gasteiger partial charge in [0.05, 0.1) is 25.7 Å². The van der Waals surface area contributed by atoms with Crippen molar-refractivity contribution in [2.45, 2.75) is 25.4 Å². The molecule has 3 N–H and O–H groups in total. The van der Waals surface area contributed by atoms with E-state index in [1.54, 1.807) is 23.8 Å². The van der Waals surface area contributed by atoms with Gasteiger partial charge in [0, 0.05) is 32.4 Å². The summed E-state index contributed by atoms with van der Waals surface area (Å²) in [6, 6.07) is 13.6. The number of methoxy groups -OCH3 is 1. The Morgan fingerprint density at radius 1 is 1.16 bits per heavy atom. The maximum absolute atomic E-state index is 13.2. The Hall–Kier alpha value is -2.72. The van der Waals surface area contributed by atoms with Gasteiger partial charge in [-0.2, -0.15) is 0 Å². The number of ether oxygens (including phenoxy) is 1. The molecule has 1 aromatic carbocycles. The third-order valence-electron chi connectivity index (χ3n) is 5.80. The van der Waals surface area contributed by atoms with Gasteiger partial charge in [0.1, 0.15) is 11.6 Å². The number of carbonyl (C=O) groups excluding carboxylic acids is 1. The summed E-state index contributed by atoms with van der Waals surface area (Å²) in [6.07, 6.45) is 2.78. The topological polar surface area (TPSA) is 107 Å². The Bertz CT molecular complexity index is 813. The number of pyridine rings is 1. The smallest absolute Gasteiger partial charge is 0.228 e. The molecule has 1 fully saturated rings. The van der Waals surface area contributed by atoms with Gasteiger partial charge in [-0.1, -0.05) is 23.8 Å². The highest BCUT2D eigenvalue weighted by molar-refractivity contribution is 5.79. The van der Waals surface area contributed by atoms with Crippen LogP contribution in [0, 0.1) is 5.92 Å². The first-order chi connectivity index (χ1) is 15.6. The van der Waals surface area contributed by atoms with Crippen LogP contribution in [0.1, 0.15) is 18.4 Å². The molecular weight excluding hydrogens is 412 g/mol. The lowest BCUT2D eigenvalue weighted by atomic mass is 9.93. The lowest BCUT2D eigenvalue weighted by Crippen LogP contribution is -2.52. The van der Waals surface area contributed by atoms with Crippen LogP contribution < -0.4 is 15.3 Å². The highest BCUT2D eigenvalue weighted by Crippen LogP contribution is 2.21. The predicted molar refractivity (Wildman–Crippen MR) is 119 cm³/mol. The maximum Gasteiger partial charge on any atom is 0.228 e. The van der Waals surface area contributed by atoms with E-state index in [1.165, 1.54) is 0 Å². The van der Waals surface area contributed by atoms with Crippen LogP contribution in [0.3, 0.4) is 0 Å². The molecule has 0 bridgehead atoms. The summed E-state index contributed by atoms with van der Waals surface area (Å²) in [4.78, 5) is 26.3. The number of aromatic nitrogens is 1. The summed E-state index contributed by atoms with van der Waals surface area (Å²) in [7, 11) is 1.63. The van der Waals surface area contributed by atoms with Crippen molar-refractivity contribution in [3.63, 3.8) is 0 Å². The summed E-state index contributed by atoms with van der Waals surface area (Å²) in [5, 5.41) is 19.3. The Kier molecular flexibility index (Phi) is 9.24. The van der Waals surface area contributed by atoms with Crippen molar-refractivity contribution in [3.05, 3.63) is 54.2 Å². The largest absolute Gasteiger partial charge is 0.497 e. The maximum atomic E-state index is 13.2. The van der Waals surface area contributed by atoms with E-state index in [0.717, 1.165) is 30.0 Å². The van der Waals surface area contributed by atoms with E-state index in [9.17, 15) is 9.90 Å². The van der Waals surface area contributed by atoms with Crippen molar-refractivity contribution in [3.8, 4) is 5.75 Å². The van der Waals surface area contributed by atoms with Crippen LogP contribution in [-0.2, 0) is 16.1 Å². The molecule has 0 unspecified atom stereocenters. The van der Waals surface area contributed by atoms with Gasteiger partial charge in [-0.25, -0.2) is 4.98 Å². The zero-order chi connectivity index (χ0) is 22.8. The molecular formula is C23H32N4O5. The lowest BCUT2D eigenvalue weighted by Gasteiger charge is -2.37. The zero-order valence-electron chi connectivity index (χ0n) is 18.4. The van der Waals surface area contributed by atoms with Gasteiger partial charge in [0.15, 0.2) is 0 Å². The van der Waals surface area contributed by atoms with Crippen LogP contribution in [0.25, 0.3) is 0 Å². The molecule has 2 atom stereocenters. The van der Waals surface area contributed by atoms with Crippen LogP contribution in [0.15, 0.2) is 48.7 Å². The average Bonchev–Trinajstić information content (AvgIpc) is 2.86. The highest BCUT2D eigenvalue weighted by Gasteiger charge is 2.32. The van der Waals surface area contributed by atoms with Gasteiger partial charge in [-0.3, -0.25) is 14.8 Å². The third-order valence-corrected chi connectivity index (χ3v) is 5.80. The number of anilines is 1. The summed E-state index contributed by atoms with van der Waals surface area (Å²) < 4.78 is 5.18. The molecule has 1 amide bonds. The average molecular weight is 445 g/mol. The molecule has 32 heavy (non-hydrogen) atoms. The number of rotatable bonds is 11. The molecule has 1 aliphatic heterocycles. The van der Waals surface area contributed by atoms with Gasteiger partial charge < -0.3 is 19.6 Å². The Balaban J connectivity index is 1.56. The summed E-state index contributed by atoms with van der Waals surface area (Å²) in [5.41, 5.74) is 2.72. The number of nitrogens with zero attached hydrogens (tertiary/aromatic N) is 3. The number of amides is 1. The number of aliphatic hydroxyl groups is 1. The van der Waals surface area contributed by atoms with E-state index < -0.39 is 12.0 Å². The van der Waals surface area contributed by atoms with Crippen LogP contribution in [0.2, 0.25) is 0 Å². The van der Waals surface area contributed by atoms with E-state index in [2.05, 4.69) is 9.88 Å². The van der Waals surface area contributed by atoms with E-state index in [1.807, 2.05) is 42.5 Å². The Morgan fingerprint density at radius 3 is 2.53 bits per heavy atom. The first-order valence-corrected chi connectivity index (χ1v) is 10.9. The normalized spacial score (nSPS) is 16.0. The fourth-order valence-electron chi connectivity index (χ4n) is 3.97. The van der Waals surface area contributed by atoms with Crippen molar-refractivity contribution in [1.82, 2.24) is 15.5 Å². The number of hydrogen-bond acceptors (Lipinski definition) is 8. The molecule has 1 aliphatic rings. The monoisotopic (exact) mass is 444 g/mol. The minimum atomic E-state index is -1.02. The molecule has 9 heteroatoms. The highest BCUT2D eigenvalue weighted by atomic mass is 16.8. The third kappa shape index (κ3) is 6.64. The van der Waals surface area contributed by atoms with Crippen molar-refractivity contribution >= 4 is 11.7 Å². The minimum Gasteiger partial charge on any atom is -0.497 e. The first kappa shape index (κ1) is 23.9. The standard InChI is InChI=1S/C23H32N4O5/c1-31-19-10-8-18(9-11-19)5-4-6-20(21(28)17-32-25-30)23(29)27-15-13-26(14-16-27)22-7-2-3-12-24-22/h2-3,7-12,20-21,25,28,30H,4-6,13-17H2,1H3/t20-,21-/m1/s1. The molecule has 2 aromatic rings. The molecule has 2 heterocycles. The number of piperazine rings is 1. The van der Waals surface area contributed by atoms with E-state index in [-0.39, 0.29) is 12.5 Å². The van der Waals surface area contributed by atoms with Crippen LogP contribution >= 0.6 is 0 Å². The summed E-state index contributed by atoms with van der Waals surface area (Å²) >= 11 is 0. The van der Waals surface area contributed by atoms with Crippen molar-refractivity contribution in [2.75, 3.05) is 44.8 Å². The molecule has 3 rings (SSSR count). The van der Waals surface area contributed by atoms with Crippen LogP contribution in [-0.4, -0.2) is 72.1 Å². The second-order valence-electron chi connectivity index (χ2n) is 7.82. The minimum absolute atomic E-state index is 0.0885. The van der Waals surface area contributed by atoms with Gasteiger partial charge in [-0.15, -0.1) is 0 Å². The molecule has 0 saturated carbocycles. The van der Waals surface area contributed by atoms with Crippen molar-refractivity contribution < 1.29 is 24.7 Å². The molecule has 1 aromatic heterocycles. The van der Waals surface area contributed by atoms with Crippen molar-refractivity contribution in [2.24, 2.45) is 5.92 Å². The van der Waals surface area contributed by atoms with Crippen molar-refractivity contribution in [1.29, 1.82) is 0 Å². The van der Waals surface area contributed by atoms with Gasteiger partial charge >= 0.3 is 0 Å². The van der Waals surface area contributed by atoms with Gasteiger partial charge in [0.25, 0.3) is 0 Å². The Labute approximate surface area is 188 Å². The summed E-state index contributed by atoms with van der Waals surface area (Å²) in [6.45, 7) is 2.33. The second-order valence-corrected chi connectivity index (χ2v) is 7.82. The number of aryl methyl sites for hydroxylation is 1. The molecule has 0 radical (unpaired) electrons. The number of nitrogens with one attached hydrogen (secondary N) is 1.